The van der Waals surface area contributed by atoms with Gasteiger partial charge in [-0.2, -0.15) is 0 Å². The second-order valence-electron chi connectivity index (χ2n) is 29.3. The van der Waals surface area contributed by atoms with E-state index in [0.29, 0.717) is 0 Å². The number of phenols is 5. The largest absolute Gasteiger partial charge is 0.571 e. The van der Waals surface area contributed by atoms with Crippen molar-refractivity contribution in [2.45, 2.75) is 190 Å². The zero-order valence-corrected chi connectivity index (χ0v) is 64.6. The Labute approximate surface area is 699 Å². The van der Waals surface area contributed by atoms with Gasteiger partial charge in [-0.3, -0.25) is 0 Å². The molecule has 0 spiro atoms. The van der Waals surface area contributed by atoms with Gasteiger partial charge in [-0.25, -0.2) is 14.4 Å². The fourth-order valence-electron chi connectivity index (χ4n) is 13.8. The van der Waals surface area contributed by atoms with E-state index in [0.717, 1.165) is 72.8 Å². The smallest absolute Gasteiger partial charge is 0.330 e. The summed E-state index contributed by atoms with van der Waals surface area (Å²) in [7, 11) is 1.22. The normalized spacial score (nSPS) is 35.0. The Kier molecular flexibility index (Phi) is 30.4. The fraction of sp³-hybridized carbons (Fsp3) is 0.481. The number of aromatic hydroxyl groups is 6. The van der Waals surface area contributed by atoms with Gasteiger partial charge in [-0.15, -0.1) is 0 Å². The molecule has 5 aromatic rings. The molecule has 45 nitrogen and oxygen atoms in total. The number of aliphatic hydroxyl groups is 21. The minimum atomic E-state index is -2.31. The Morgan fingerprint density at radius 2 is 0.718 bits per heavy atom. The number of carbonyl (C=O) groups excluding carboxylic acids is 3. The monoisotopic (exact) mass is 1760 g/mol. The maximum Gasteiger partial charge on any atom is 0.330 e. The summed E-state index contributed by atoms with van der Waals surface area (Å²) < 4.78 is 95.7. The van der Waals surface area contributed by atoms with Crippen molar-refractivity contribution in [3.05, 3.63) is 137 Å². The summed E-state index contributed by atoms with van der Waals surface area (Å²) >= 11 is 0. The van der Waals surface area contributed by atoms with Gasteiger partial charge < -0.3 is 208 Å². The molecule has 7 heterocycles. The lowest BCUT2D eigenvalue weighted by Gasteiger charge is -2.46. The number of fused-ring (bicyclic) bond motifs is 1. The molecule has 7 aliphatic heterocycles. The third kappa shape index (κ3) is 21.1. The minimum absolute atomic E-state index is 0.0579. The number of rotatable bonds is 29. The van der Waals surface area contributed by atoms with E-state index in [9.17, 15) is 142 Å². The zero-order chi connectivity index (χ0) is 89.6. The van der Waals surface area contributed by atoms with Crippen LogP contribution in [0, 0.1) is 0 Å². The number of benzene rings is 5. The van der Waals surface area contributed by atoms with Gasteiger partial charge >= 0.3 is 17.9 Å². The molecule has 26 N–H and O–H groups in total. The standard InChI is InChI=1S/C79H92O45/c1-108-42-19-32(8-11-35(42)84)72-45(22-34-40(112-72)20-33(83)21-41(34)114-75-67(103)61(97)55(91)46(23-80)118-75)117-79-73(124-78-71(107)65(101)59(95)50(122-78)27-110-54(90)15-7-31-3-10-37(86)44(18-31)116-77-69(105)63(99)57(93)48(25-82)120-77)66(102)60(96)51(123-79)28-111-52(88)13-5-29-4-12-39(38(87)16-29)113-74-70(106)64(100)58(94)49(121-74)26-109-53(89)14-6-30-2-9-36(85)43(17-30)115-76-68(104)62(98)56(92)47(24-81)119-76/h2-22,46-51,55-87,91-107H,23-28H2,1H3/p+1/b13-5+,14-6+,15-7+/t46-,47+,48-,49+,50-,51+,55+,56+,57+,58+,59+,60+,61-,62-,63-,64-,65-,66-,67-,68+,69-,70+,71+,72?,73+,74+,75+,76+,77+,78-,79+/m0/s1. The molecular formula is C79H93O45+. The topological polar surface area (TPSA) is 717 Å². The van der Waals surface area contributed by atoms with Gasteiger partial charge in [0.05, 0.1) is 38.6 Å². The summed E-state index contributed by atoms with van der Waals surface area (Å²) in [6.45, 7) is -5.10. The summed E-state index contributed by atoms with van der Waals surface area (Å²) in [5, 5.41) is 268. The molecule has 7 aliphatic rings. The first-order valence-electron chi connectivity index (χ1n) is 38.1. The van der Waals surface area contributed by atoms with E-state index in [4.69, 9.17) is 80.5 Å². The Bertz CT molecular complexity index is 4610. The Hall–Kier alpha value is -10.0. The quantitative estimate of drug-likeness (QED) is 0.00915. The number of methoxy groups -OCH3 is 1. The van der Waals surface area contributed by atoms with E-state index in [1.54, 1.807) is 0 Å². The first kappa shape index (κ1) is 93.2. The molecular weight excluding hydrogens is 1670 g/mol. The van der Waals surface area contributed by atoms with E-state index < -0.39 is 277 Å². The van der Waals surface area contributed by atoms with Gasteiger partial charge in [0.25, 0.3) is 11.9 Å². The van der Waals surface area contributed by atoms with Crippen LogP contribution in [0.2, 0.25) is 0 Å². The van der Waals surface area contributed by atoms with Crippen molar-refractivity contribution in [1.82, 2.24) is 0 Å². The first-order valence-corrected chi connectivity index (χ1v) is 38.1. The van der Waals surface area contributed by atoms with E-state index in [1.165, 1.54) is 61.7 Å². The molecule has 6 fully saturated rings. The number of hydrogen-bond acceptors (Lipinski definition) is 44. The summed E-state index contributed by atoms with van der Waals surface area (Å²) in [4.78, 5) is 39.9. The molecule has 124 heavy (non-hydrogen) atoms. The van der Waals surface area contributed by atoms with Crippen molar-refractivity contribution < 1.29 is 223 Å². The lowest BCUT2D eigenvalue weighted by molar-refractivity contribution is -0.364. The second kappa shape index (κ2) is 40.5. The third-order valence-electron chi connectivity index (χ3n) is 20.8. The maximum absolute atomic E-state index is 13.6. The van der Waals surface area contributed by atoms with Crippen molar-refractivity contribution in [3.63, 3.8) is 0 Å². The van der Waals surface area contributed by atoms with Crippen molar-refractivity contribution in [2.75, 3.05) is 46.8 Å². The summed E-state index contributed by atoms with van der Waals surface area (Å²) in [5.74, 6) is -7.99. The van der Waals surface area contributed by atoms with Crippen LogP contribution in [0.3, 0.4) is 0 Å². The molecule has 0 aromatic heterocycles. The molecule has 6 saturated heterocycles. The van der Waals surface area contributed by atoms with Crippen LogP contribution >= 0.6 is 0 Å². The van der Waals surface area contributed by atoms with Crippen molar-refractivity contribution in [2.24, 2.45) is 0 Å². The predicted molar refractivity (Wildman–Crippen MR) is 403 cm³/mol. The maximum atomic E-state index is 13.6. The molecule has 31 atom stereocenters. The van der Waals surface area contributed by atoms with E-state index >= 15 is 0 Å². The molecule has 0 bridgehead atoms. The average Bonchev–Trinajstić information content (AvgIpc) is 0.757. The lowest BCUT2D eigenvalue weighted by atomic mass is 9.97. The van der Waals surface area contributed by atoms with Crippen LogP contribution < -0.4 is 23.7 Å². The minimum Gasteiger partial charge on any atom is -0.571 e. The highest BCUT2D eigenvalue weighted by molar-refractivity contribution is 5.88. The molecule has 45 heteroatoms. The van der Waals surface area contributed by atoms with Gasteiger partial charge in [0.2, 0.25) is 31.5 Å². The molecule has 0 radical (unpaired) electrons. The molecule has 1 unspecified atom stereocenters. The summed E-state index contributed by atoms with van der Waals surface area (Å²) in [6.07, 6.45) is -50.9. The third-order valence-corrected chi connectivity index (χ3v) is 20.8. The highest BCUT2D eigenvalue weighted by atomic mass is 16.8. The van der Waals surface area contributed by atoms with Gasteiger partial charge in [-0.1, -0.05) is 18.2 Å². The number of esters is 3. The number of ether oxygens (including phenoxy) is 17. The Balaban J connectivity index is 0.741. The van der Waals surface area contributed by atoms with Gasteiger partial charge in [0.15, 0.2) is 64.1 Å². The van der Waals surface area contributed by atoms with Crippen molar-refractivity contribution >= 4 is 42.2 Å². The van der Waals surface area contributed by atoms with Crippen molar-refractivity contribution in [3.8, 4) is 63.2 Å². The summed E-state index contributed by atoms with van der Waals surface area (Å²) in [6, 6.07) is 16.7. The van der Waals surface area contributed by atoms with Crippen LogP contribution in [0.15, 0.2) is 109 Å². The highest BCUT2D eigenvalue weighted by Crippen LogP contribution is 2.49. The first-order chi connectivity index (χ1) is 59.1. The molecule has 0 aliphatic carbocycles. The fourth-order valence-corrected chi connectivity index (χ4v) is 13.8. The molecule has 0 amide bonds. The van der Waals surface area contributed by atoms with E-state index in [-0.39, 0.29) is 68.1 Å². The number of carbonyl (C=O) groups is 3. The number of phenolic OH excluding ortho intramolecular Hbond substituents is 5. The number of hydrogen-bond donors (Lipinski definition) is 25. The van der Waals surface area contributed by atoms with Crippen LogP contribution in [0.5, 0.6) is 63.2 Å². The van der Waals surface area contributed by atoms with Gasteiger partial charge in [0, 0.05) is 30.4 Å². The van der Waals surface area contributed by atoms with E-state index in [2.05, 4.69) is 0 Å². The second-order valence-corrected chi connectivity index (χ2v) is 29.3. The van der Waals surface area contributed by atoms with Gasteiger partial charge in [0.1, 0.15) is 177 Å². The number of aliphatic hydroxyl groups excluding tert-OH is 20. The van der Waals surface area contributed by atoms with Crippen LogP contribution in [0.1, 0.15) is 33.9 Å². The zero-order valence-electron chi connectivity index (χ0n) is 64.6. The summed E-state index contributed by atoms with van der Waals surface area (Å²) in [5.41, 5.74) is 0.393. The predicted octanol–water partition coefficient (Wildman–Crippen LogP) is -7.29. The SMILES string of the molecule is COc1cc(C2[OH+]c3cc(O)cc(O[C@@H]4O[C@@H](CO)[C@@H](O)[C@H](O)[C@@H]4O)c3C=C2O[C@@H]2O[C@H](COC(=O)/C=C/c3ccc(O[C@@H]4O[C@H](COC(=O)/C=C/c5ccc(O)c(O[C@@H]6O[C@H](CO)[C@@H](O)[C@H](O)[C@H]6O)c5)[C@@H](O)[C@H](O)[C@H]4O)c(O)c3)[C@@H](O)[C@H](O)[C@H]2O[C@@H]2O[C@@H](COC(=O)/C=C/c3ccc(O)c(O[C@@H]4O[C@@H](CO)[C@@H](O)[C@H](O)[C@@H]4O)c3)[C@@H](O)[C@H](O)[C@H]2O)ccc1O. The van der Waals surface area contributed by atoms with E-state index in [1.807, 2.05) is 0 Å². The van der Waals surface area contributed by atoms with Gasteiger partial charge in [-0.05, 0) is 89.5 Å². The molecule has 5 aromatic carbocycles. The van der Waals surface area contributed by atoms with Crippen LogP contribution in [-0.2, 0) is 66.5 Å². The average molecular weight is 1760 g/mol. The van der Waals surface area contributed by atoms with Crippen LogP contribution in [0.25, 0.3) is 24.3 Å². The Morgan fingerprint density at radius 3 is 1.15 bits per heavy atom. The van der Waals surface area contributed by atoms with Crippen molar-refractivity contribution in [1.29, 1.82) is 0 Å². The highest BCUT2D eigenvalue weighted by Gasteiger charge is 2.55. The molecule has 0 saturated carbocycles. The van der Waals surface area contributed by atoms with Crippen LogP contribution in [-0.4, -0.2) is 381 Å². The molecule has 12 rings (SSSR count). The van der Waals surface area contributed by atoms with Crippen LogP contribution in [0.4, 0.5) is 0 Å². The lowest BCUT2D eigenvalue weighted by Crippen LogP contribution is -2.64. The molecule has 678 valence electrons. The Morgan fingerprint density at radius 1 is 0.355 bits per heavy atom.